The van der Waals surface area contributed by atoms with Crippen molar-refractivity contribution >= 4 is 0 Å². The van der Waals surface area contributed by atoms with E-state index in [-0.39, 0.29) is 5.41 Å². The van der Waals surface area contributed by atoms with Crippen LogP contribution in [0.15, 0.2) is 34.9 Å². The van der Waals surface area contributed by atoms with E-state index in [4.69, 9.17) is 9.26 Å². The number of H-pyrrole nitrogens is 1. The number of benzene rings is 1. The minimum absolute atomic E-state index is 0.184. The highest BCUT2D eigenvalue weighted by atomic mass is 16.5. The summed E-state index contributed by atoms with van der Waals surface area (Å²) < 4.78 is 11.1. The Labute approximate surface area is 146 Å². The van der Waals surface area contributed by atoms with E-state index in [9.17, 15) is 0 Å². The lowest BCUT2D eigenvalue weighted by molar-refractivity contribution is 0.0522. The second kappa shape index (κ2) is 6.44. The van der Waals surface area contributed by atoms with Crippen molar-refractivity contribution in [3.63, 3.8) is 0 Å². The van der Waals surface area contributed by atoms with E-state index in [1.165, 1.54) is 24.8 Å². The molecule has 0 spiro atoms. The predicted octanol–water partition coefficient (Wildman–Crippen LogP) is 3.89. The summed E-state index contributed by atoms with van der Waals surface area (Å²) in [5, 5.41) is 11.1. The molecule has 2 aromatic heterocycles. The maximum absolute atomic E-state index is 5.71. The third-order valence-corrected chi connectivity index (χ3v) is 5.00. The average Bonchev–Trinajstić information content (AvgIpc) is 3.23. The summed E-state index contributed by atoms with van der Waals surface area (Å²) in [6.45, 7) is 5.54. The van der Waals surface area contributed by atoms with E-state index in [2.05, 4.69) is 44.6 Å². The second-order valence-electron chi connectivity index (χ2n) is 6.71. The average molecular weight is 338 g/mol. The van der Waals surface area contributed by atoms with Gasteiger partial charge < -0.3 is 9.26 Å². The zero-order chi connectivity index (χ0) is 17.3. The van der Waals surface area contributed by atoms with Crippen LogP contribution in [0.3, 0.4) is 0 Å². The summed E-state index contributed by atoms with van der Waals surface area (Å²) in [5.74, 6) is 1.00. The first-order valence-corrected chi connectivity index (χ1v) is 8.75. The fourth-order valence-corrected chi connectivity index (χ4v) is 3.36. The molecular weight excluding hydrogens is 316 g/mol. The number of hydrogen-bond acceptors (Lipinski definition) is 5. The minimum Gasteiger partial charge on any atom is -0.381 e. The lowest BCUT2D eigenvalue weighted by Gasteiger charge is -2.42. The van der Waals surface area contributed by atoms with Gasteiger partial charge >= 0.3 is 0 Å². The number of aromatic amines is 1. The van der Waals surface area contributed by atoms with E-state index < -0.39 is 0 Å². The highest BCUT2D eigenvalue weighted by molar-refractivity contribution is 5.58. The Kier molecular flexibility index (Phi) is 4.13. The van der Waals surface area contributed by atoms with E-state index in [0.29, 0.717) is 17.4 Å². The van der Waals surface area contributed by atoms with Crippen LogP contribution in [-0.2, 0) is 10.2 Å². The number of rotatable bonds is 6. The molecule has 2 heterocycles. The van der Waals surface area contributed by atoms with E-state index in [1.54, 1.807) is 0 Å². The molecular formula is C19H22N4O2. The summed E-state index contributed by atoms with van der Waals surface area (Å²) in [6.07, 6.45) is 3.65. The number of hydrogen-bond donors (Lipinski definition) is 1. The van der Waals surface area contributed by atoms with Crippen molar-refractivity contribution in [3.05, 3.63) is 41.6 Å². The molecule has 0 bridgehead atoms. The summed E-state index contributed by atoms with van der Waals surface area (Å²) in [5.41, 5.74) is 4.08. The highest BCUT2D eigenvalue weighted by Crippen LogP contribution is 2.44. The van der Waals surface area contributed by atoms with Gasteiger partial charge in [-0.15, -0.1) is 0 Å². The first kappa shape index (κ1) is 16.0. The maximum Gasteiger partial charge on any atom is 0.278 e. The van der Waals surface area contributed by atoms with Gasteiger partial charge in [0.15, 0.2) is 5.69 Å². The summed E-state index contributed by atoms with van der Waals surface area (Å²) in [6, 6.07) is 10.3. The van der Waals surface area contributed by atoms with Gasteiger partial charge in [0, 0.05) is 23.3 Å². The minimum atomic E-state index is 0.184. The fraction of sp³-hybridized carbons (Fsp3) is 0.421. The molecule has 6 heteroatoms. The van der Waals surface area contributed by atoms with Crippen molar-refractivity contribution < 1.29 is 9.26 Å². The molecule has 3 aromatic rings. The Balaban J connectivity index is 1.55. The first-order valence-electron chi connectivity index (χ1n) is 8.75. The molecule has 1 N–H and O–H groups in total. The molecule has 130 valence electrons. The van der Waals surface area contributed by atoms with Crippen LogP contribution in [0.4, 0.5) is 0 Å². The van der Waals surface area contributed by atoms with Crippen molar-refractivity contribution in [1.29, 1.82) is 0 Å². The standard InChI is InChI=1S/C19H22N4O2/c1-3-24-12-19(9-4-10-19)15-7-5-14(6-8-15)17-20-18(25-23-17)16-11-13(2)21-22-16/h5-8,11H,3-4,9-10,12H2,1-2H3,(H,21,22). The lowest BCUT2D eigenvalue weighted by atomic mass is 9.65. The van der Waals surface area contributed by atoms with Gasteiger partial charge in [-0.25, -0.2) is 0 Å². The number of aryl methyl sites for hydroxylation is 1. The largest absolute Gasteiger partial charge is 0.381 e. The topological polar surface area (TPSA) is 76.8 Å². The molecule has 0 amide bonds. The van der Waals surface area contributed by atoms with E-state index in [1.807, 2.05) is 19.9 Å². The monoisotopic (exact) mass is 338 g/mol. The van der Waals surface area contributed by atoms with Crippen molar-refractivity contribution in [2.24, 2.45) is 0 Å². The van der Waals surface area contributed by atoms with Crippen LogP contribution in [0.2, 0.25) is 0 Å². The fourth-order valence-electron chi connectivity index (χ4n) is 3.36. The summed E-state index contributed by atoms with van der Waals surface area (Å²) in [7, 11) is 0. The zero-order valence-corrected chi connectivity index (χ0v) is 14.6. The molecule has 1 aromatic carbocycles. The third kappa shape index (κ3) is 2.98. The van der Waals surface area contributed by atoms with Gasteiger partial charge in [0.05, 0.1) is 6.61 Å². The molecule has 4 rings (SSSR count). The van der Waals surface area contributed by atoms with Crippen molar-refractivity contribution in [3.8, 4) is 23.0 Å². The molecule has 1 fully saturated rings. The second-order valence-corrected chi connectivity index (χ2v) is 6.71. The third-order valence-electron chi connectivity index (χ3n) is 5.00. The van der Waals surface area contributed by atoms with E-state index in [0.717, 1.165) is 24.5 Å². The first-order chi connectivity index (χ1) is 12.2. The summed E-state index contributed by atoms with van der Waals surface area (Å²) in [4.78, 5) is 4.45. The van der Waals surface area contributed by atoms with Crippen LogP contribution in [0, 0.1) is 6.92 Å². The molecule has 6 nitrogen and oxygen atoms in total. The number of aromatic nitrogens is 4. The Morgan fingerprint density at radius 1 is 1.24 bits per heavy atom. The summed E-state index contributed by atoms with van der Waals surface area (Å²) >= 11 is 0. The van der Waals surface area contributed by atoms with Gasteiger partial charge in [-0.3, -0.25) is 5.10 Å². The molecule has 1 aliphatic carbocycles. The molecule has 25 heavy (non-hydrogen) atoms. The zero-order valence-electron chi connectivity index (χ0n) is 14.6. The lowest BCUT2D eigenvalue weighted by Crippen LogP contribution is -2.39. The van der Waals surface area contributed by atoms with Gasteiger partial charge in [-0.05, 0) is 38.3 Å². The highest BCUT2D eigenvalue weighted by Gasteiger charge is 2.38. The van der Waals surface area contributed by atoms with Crippen LogP contribution >= 0.6 is 0 Å². The Morgan fingerprint density at radius 2 is 2.04 bits per heavy atom. The van der Waals surface area contributed by atoms with Crippen molar-refractivity contribution in [1.82, 2.24) is 20.3 Å². The Morgan fingerprint density at radius 3 is 2.64 bits per heavy atom. The van der Waals surface area contributed by atoms with Crippen LogP contribution < -0.4 is 0 Å². The number of nitrogens with zero attached hydrogens (tertiary/aromatic N) is 3. The predicted molar refractivity (Wildman–Crippen MR) is 94.1 cm³/mol. The van der Waals surface area contributed by atoms with Crippen LogP contribution in [-0.4, -0.2) is 33.6 Å². The number of nitrogens with one attached hydrogen (secondary N) is 1. The molecule has 0 saturated heterocycles. The molecule has 0 unspecified atom stereocenters. The van der Waals surface area contributed by atoms with Crippen LogP contribution in [0.1, 0.15) is 37.4 Å². The van der Waals surface area contributed by atoms with E-state index >= 15 is 0 Å². The van der Waals surface area contributed by atoms with Crippen molar-refractivity contribution in [2.75, 3.05) is 13.2 Å². The van der Waals surface area contributed by atoms with Gasteiger partial charge in [0.25, 0.3) is 5.89 Å². The van der Waals surface area contributed by atoms with Gasteiger partial charge in [0.2, 0.25) is 5.82 Å². The van der Waals surface area contributed by atoms with Gasteiger partial charge in [-0.2, -0.15) is 10.1 Å². The molecule has 0 aliphatic heterocycles. The molecule has 0 radical (unpaired) electrons. The van der Waals surface area contributed by atoms with Gasteiger partial charge in [0.1, 0.15) is 0 Å². The Bertz CT molecular complexity index is 846. The molecule has 0 atom stereocenters. The van der Waals surface area contributed by atoms with Crippen LogP contribution in [0.5, 0.6) is 0 Å². The van der Waals surface area contributed by atoms with Crippen LogP contribution in [0.25, 0.3) is 23.0 Å². The van der Waals surface area contributed by atoms with Gasteiger partial charge in [-0.1, -0.05) is 35.8 Å². The quantitative estimate of drug-likeness (QED) is 0.738. The van der Waals surface area contributed by atoms with Crippen molar-refractivity contribution in [2.45, 2.75) is 38.5 Å². The smallest absolute Gasteiger partial charge is 0.278 e. The maximum atomic E-state index is 5.71. The molecule has 1 saturated carbocycles. The Hall–Kier alpha value is -2.47. The normalized spacial score (nSPS) is 15.9. The molecule has 1 aliphatic rings. The number of ether oxygens (including phenoxy) is 1. The SMILES string of the molecule is CCOCC1(c2ccc(-c3noc(-c4cc(C)[nH]n4)n3)cc2)CCC1.